The molecule has 0 aliphatic heterocycles. The predicted octanol–water partition coefficient (Wildman–Crippen LogP) is 5.78. The average Bonchev–Trinajstić information content (AvgIpc) is 3.05. The van der Waals surface area contributed by atoms with E-state index < -0.39 is 0 Å². The highest BCUT2D eigenvalue weighted by Gasteiger charge is 2.77. The van der Waals surface area contributed by atoms with Crippen LogP contribution in [0.25, 0.3) is 0 Å². The van der Waals surface area contributed by atoms with Gasteiger partial charge >= 0.3 is 0 Å². The average molecular weight is 319 g/mol. The van der Waals surface area contributed by atoms with Crippen LogP contribution in [0, 0.1) is 56.7 Å². The third kappa shape index (κ3) is 1.96. The van der Waals surface area contributed by atoms with E-state index in [9.17, 15) is 0 Å². The molecule has 0 nitrogen and oxygen atoms in total. The van der Waals surface area contributed by atoms with Crippen LogP contribution in [-0.2, 0) is 0 Å². The van der Waals surface area contributed by atoms with Gasteiger partial charge in [-0.25, -0.2) is 0 Å². The molecule has 0 amide bonds. The van der Waals surface area contributed by atoms with Gasteiger partial charge in [0.15, 0.2) is 0 Å². The monoisotopic (exact) mass is 318 g/mol. The summed E-state index contributed by atoms with van der Waals surface area (Å²) < 4.78 is 0. The Bertz CT molecular complexity index is 751. The fourth-order valence-corrected chi connectivity index (χ4v) is 4.39. The van der Waals surface area contributed by atoms with Crippen LogP contribution in [0.4, 0.5) is 0 Å². The quantitative estimate of drug-likeness (QED) is 0.532. The summed E-state index contributed by atoms with van der Waals surface area (Å²) in [5.41, 5.74) is 1.68. The van der Waals surface area contributed by atoms with Crippen molar-refractivity contribution in [1.82, 2.24) is 0 Å². The van der Waals surface area contributed by atoms with Gasteiger partial charge in [0.25, 0.3) is 0 Å². The summed E-state index contributed by atoms with van der Waals surface area (Å²) in [4.78, 5) is 0. The van der Waals surface area contributed by atoms with Gasteiger partial charge in [0.2, 0.25) is 0 Å². The molecule has 0 N–H and O–H groups in total. The molecule has 2 aliphatic rings. The lowest BCUT2D eigenvalue weighted by molar-refractivity contribution is 0.457. The van der Waals surface area contributed by atoms with Gasteiger partial charge in [-0.05, 0) is 23.0 Å². The first-order chi connectivity index (χ1) is 10.9. The molecule has 0 spiro atoms. The van der Waals surface area contributed by atoms with Gasteiger partial charge in [0.05, 0.1) is 0 Å². The van der Waals surface area contributed by atoms with Crippen molar-refractivity contribution >= 4 is 0 Å². The Morgan fingerprint density at radius 1 is 0.708 bits per heavy atom. The molecule has 0 unspecified atom stereocenters. The number of benzene rings is 1. The van der Waals surface area contributed by atoms with Gasteiger partial charge in [-0.1, -0.05) is 97.3 Å². The zero-order chi connectivity index (χ0) is 18.0. The first-order valence-electron chi connectivity index (χ1n) is 9.03. The Morgan fingerprint density at radius 2 is 1.21 bits per heavy atom. The number of hydrogen-bond donors (Lipinski definition) is 0. The molecule has 0 radical (unpaired) electrons. The van der Waals surface area contributed by atoms with Crippen LogP contribution in [0.5, 0.6) is 0 Å². The Hall–Kier alpha value is -1.66. The fourth-order valence-electron chi connectivity index (χ4n) is 4.39. The van der Waals surface area contributed by atoms with Crippen molar-refractivity contribution in [3.05, 3.63) is 35.9 Å². The van der Waals surface area contributed by atoms with Crippen LogP contribution in [0.1, 0.15) is 61.0 Å². The molecule has 2 aliphatic carbocycles. The van der Waals surface area contributed by atoms with Crippen molar-refractivity contribution < 1.29 is 0 Å². The molecule has 0 heterocycles. The first kappa shape index (κ1) is 17.2. The Morgan fingerprint density at radius 3 is 1.62 bits per heavy atom. The third-order valence-electron chi connectivity index (χ3n) is 7.97. The lowest BCUT2D eigenvalue weighted by atomic mass is 9.94. The summed E-state index contributed by atoms with van der Waals surface area (Å²) in [6.07, 6.45) is 0. The maximum absolute atomic E-state index is 3.67. The van der Waals surface area contributed by atoms with Crippen LogP contribution >= 0.6 is 0 Å². The molecular weight excluding hydrogens is 288 g/mol. The third-order valence-corrected chi connectivity index (χ3v) is 7.97. The summed E-state index contributed by atoms with van der Waals surface area (Å²) >= 11 is 0. The molecule has 24 heavy (non-hydrogen) atoms. The van der Waals surface area contributed by atoms with Crippen molar-refractivity contribution in [1.29, 1.82) is 0 Å². The van der Waals surface area contributed by atoms with Crippen molar-refractivity contribution in [3.63, 3.8) is 0 Å². The topological polar surface area (TPSA) is 0 Å². The molecule has 1 aromatic carbocycles. The summed E-state index contributed by atoms with van der Waals surface area (Å²) in [6, 6.07) is 10.3. The maximum atomic E-state index is 3.67. The zero-order valence-corrected chi connectivity index (χ0v) is 16.5. The summed E-state index contributed by atoms with van der Waals surface area (Å²) in [5.74, 6) is 14.7. The minimum Gasteiger partial charge on any atom is -0.0971 e. The van der Waals surface area contributed by atoms with E-state index in [0.717, 1.165) is 5.56 Å². The number of hydrogen-bond acceptors (Lipinski definition) is 0. The van der Waals surface area contributed by atoms with E-state index in [1.54, 1.807) is 0 Å². The van der Waals surface area contributed by atoms with E-state index in [4.69, 9.17) is 0 Å². The second-order valence-corrected chi connectivity index (χ2v) is 9.76. The molecule has 0 bridgehead atoms. The molecule has 2 saturated carbocycles. The van der Waals surface area contributed by atoms with E-state index >= 15 is 0 Å². The molecule has 0 heteroatoms. The van der Waals surface area contributed by atoms with Crippen molar-refractivity contribution in [2.45, 2.75) is 55.4 Å². The molecule has 0 atom stereocenters. The van der Waals surface area contributed by atoms with Crippen LogP contribution in [0.3, 0.4) is 0 Å². The molecule has 1 aromatic rings. The van der Waals surface area contributed by atoms with Crippen LogP contribution in [-0.4, -0.2) is 0 Å². The summed E-state index contributed by atoms with van der Waals surface area (Å²) in [6.45, 7) is 18.6. The Kier molecular flexibility index (Phi) is 3.36. The smallest absolute Gasteiger partial charge is 0.0971 e. The molecule has 2 fully saturated rings. The maximum Gasteiger partial charge on any atom is 0.103 e. The van der Waals surface area contributed by atoms with Crippen LogP contribution < -0.4 is 0 Å². The second-order valence-electron chi connectivity index (χ2n) is 9.76. The lowest BCUT2D eigenvalue weighted by Gasteiger charge is -2.06. The van der Waals surface area contributed by atoms with E-state index in [-0.39, 0.29) is 16.2 Å². The fraction of sp³-hybridized carbons (Fsp3) is 0.583. The first-order valence-corrected chi connectivity index (χ1v) is 9.03. The highest BCUT2D eigenvalue weighted by atomic mass is 14.8. The van der Waals surface area contributed by atoms with Gasteiger partial charge in [0, 0.05) is 22.3 Å². The van der Waals surface area contributed by atoms with Gasteiger partial charge < -0.3 is 0 Å². The molecule has 0 saturated heterocycles. The SMILES string of the molecule is CC1(C)C(C#CC2(C#Cc3ccccc3)C(C)(C)C2(C)C)C1(C)C. The zero-order valence-electron chi connectivity index (χ0n) is 16.5. The Balaban J connectivity index is 1.99. The molecule has 0 aromatic heterocycles. The minimum absolute atomic E-state index is 0.109. The van der Waals surface area contributed by atoms with Crippen LogP contribution in [0.2, 0.25) is 0 Å². The van der Waals surface area contributed by atoms with E-state index in [1.165, 1.54) is 0 Å². The lowest BCUT2D eigenvalue weighted by Crippen LogP contribution is -2.05. The highest BCUT2D eigenvalue weighted by Crippen LogP contribution is 2.77. The van der Waals surface area contributed by atoms with E-state index in [2.05, 4.69) is 91.2 Å². The number of rotatable bonds is 0. The molecular formula is C24H30. The molecule has 126 valence electrons. The standard InChI is InChI=1S/C24H30/c1-20(2)19(21(20,3)4)15-17-24(22(5,6)23(24,7)8)16-14-18-12-10-9-11-13-18/h9-13,19H,1-8H3. The normalized spacial score (nSPS) is 26.3. The highest BCUT2D eigenvalue weighted by molar-refractivity contribution is 5.51. The van der Waals surface area contributed by atoms with Gasteiger partial charge in [-0.2, -0.15) is 0 Å². The largest absolute Gasteiger partial charge is 0.103 e. The Labute approximate surface area is 148 Å². The summed E-state index contributed by atoms with van der Waals surface area (Å²) in [7, 11) is 0. The predicted molar refractivity (Wildman–Crippen MR) is 102 cm³/mol. The minimum atomic E-state index is -0.218. The van der Waals surface area contributed by atoms with Crippen molar-refractivity contribution in [3.8, 4) is 23.7 Å². The van der Waals surface area contributed by atoms with Gasteiger partial charge in [0.1, 0.15) is 5.41 Å². The van der Waals surface area contributed by atoms with Gasteiger partial charge in [-0.3, -0.25) is 0 Å². The van der Waals surface area contributed by atoms with Crippen molar-refractivity contribution in [2.24, 2.45) is 33.0 Å². The van der Waals surface area contributed by atoms with Crippen molar-refractivity contribution in [2.75, 3.05) is 0 Å². The van der Waals surface area contributed by atoms with Gasteiger partial charge in [-0.15, -0.1) is 0 Å². The summed E-state index contributed by atoms with van der Waals surface area (Å²) in [5, 5.41) is 0. The van der Waals surface area contributed by atoms with E-state index in [0.29, 0.717) is 16.7 Å². The second kappa shape index (κ2) is 4.70. The molecule has 3 rings (SSSR count). The van der Waals surface area contributed by atoms with E-state index in [1.807, 2.05) is 18.2 Å². The van der Waals surface area contributed by atoms with Crippen LogP contribution in [0.15, 0.2) is 30.3 Å².